The number of anilines is 1. The zero-order chi connectivity index (χ0) is 25.7. The molecular weight excluding hydrogens is 520 g/mol. The van der Waals surface area contributed by atoms with E-state index in [1.807, 2.05) is 18.4 Å². The molecule has 0 atom stereocenters. The van der Waals surface area contributed by atoms with Crippen LogP contribution in [0.25, 0.3) is 0 Å². The number of non-ortho nitro benzene ring substituents is 1. The van der Waals surface area contributed by atoms with Crippen LogP contribution in [0.1, 0.15) is 28.1 Å². The highest BCUT2D eigenvalue weighted by molar-refractivity contribution is 7.98. The predicted molar refractivity (Wildman–Crippen MR) is 142 cm³/mol. The summed E-state index contributed by atoms with van der Waals surface area (Å²) in [6.07, 6.45) is 3.45. The number of thioether (sulfide) groups is 1. The van der Waals surface area contributed by atoms with E-state index < -0.39 is 20.9 Å². The van der Waals surface area contributed by atoms with Gasteiger partial charge >= 0.3 is 0 Å². The number of hydrogen-bond donors (Lipinski definition) is 2. The molecule has 3 aromatic rings. The number of amides is 1. The normalized spacial score (nSPS) is 14.9. The number of thiophene rings is 1. The minimum atomic E-state index is -3.62. The monoisotopic (exact) mass is 546 g/mol. The second kappa shape index (κ2) is 11.4. The lowest BCUT2D eigenvalue weighted by atomic mass is 10.1. The van der Waals surface area contributed by atoms with Gasteiger partial charge in [0.2, 0.25) is 0 Å². The zero-order valence-electron chi connectivity index (χ0n) is 19.5. The van der Waals surface area contributed by atoms with E-state index in [4.69, 9.17) is 0 Å². The van der Waals surface area contributed by atoms with Gasteiger partial charge in [-0.1, -0.05) is 12.1 Å². The van der Waals surface area contributed by atoms with E-state index in [0.717, 1.165) is 17.0 Å². The van der Waals surface area contributed by atoms with Gasteiger partial charge in [0.15, 0.2) is 0 Å². The predicted octanol–water partition coefficient (Wildman–Crippen LogP) is 4.57. The lowest BCUT2D eigenvalue weighted by Gasteiger charge is -2.31. The fourth-order valence-electron chi connectivity index (χ4n) is 3.94. The fraction of sp³-hybridized carbons (Fsp3) is 0.292. The largest absolute Gasteiger partial charge is 0.382 e. The molecule has 0 aliphatic carbocycles. The number of sulfonamides is 1. The molecule has 9 nitrogen and oxygen atoms in total. The molecule has 190 valence electrons. The average molecular weight is 547 g/mol. The summed E-state index contributed by atoms with van der Waals surface area (Å²) in [5, 5.41) is 17.1. The van der Waals surface area contributed by atoms with E-state index in [-0.39, 0.29) is 28.0 Å². The molecule has 1 saturated heterocycles. The van der Waals surface area contributed by atoms with Crippen molar-refractivity contribution in [3.8, 4) is 0 Å². The van der Waals surface area contributed by atoms with Crippen molar-refractivity contribution >= 4 is 50.4 Å². The molecule has 2 heterocycles. The van der Waals surface area contributed by atoms with E-state index in [0.29, 0.717) is 30.8 Å². The van der Waals surface area contributed by atoms with Gasteiger partial charge < -0.3 is 10.6 Å². The van der Waals surface area contributed by atoms with Gasteiger partial charge in [0, 0.05) is 52.3 Å². The minimum Gasteiger partial charge on any atom is -0.382 e. The molecule has 0 saturated carbocycles. The number of nitro groups is 1. The molecule has 1 amide bonds. The van der Waals surface area contributed by atoms with Gasteiger partial charge in [-0.15, -0.1) is 23.1 Å². The molecule has 36 heavy (non-hydrogen) atoms. The van der Waals surface area contributed by atoms with Gasteiger partial charge in [0.25, 0.3) is 21.6 Å². The third kappa shape index (κ3) is 6.25. The number of nitro benzene ring substituents is 1. The quantitative estimate of drug-likeness (QED) is 0.229. The minimum absolute atomic E-state index is 0.128. The van der Waals surface area contributed by atoms with Gasteiger partial charge in [-0.25, -0.2) is 8.42 Å². The van der Waals surface area contributed by atoms with Gasteiger partial charge in [0.1, 0.15) is 4.21 Å². The Hall–Kier alpha value is -2.93. The first-order chi connectivity index (χ1) is 17.3. The van der Waals surface area contributed by atoms with Crippen molar-refractivity contribution in [3.63, 3.8) is 0 Å². The highest BCUT2D eigenvalue weighted by Gasteiger charge is 2.30. The standard InChI is InChI=1S/C24H26N4O5S3/c1-34-21-7-3-5-19(15-21)26-18-10-12-27(13-11-18)36(32,33)23-9-8-22(35-23)16-25-24(29)17-4-2-6-20(14-17)28(30)31/h2-9,14-15,18,26H,10-13,16H2,1H3,(H,25,29). The van der Waals surface area contributed by atoms with Crippen molar-refractivity contribution < 1.29 is 18.1 Å². The first-order valence-electron chi connectivity index (χ1n) is 11.3. The van der Waals surface area contributed by atoms with Gasteiger partial charge in [-0.3, -0.25) is 14.9 Å². The molecule has 0 bridgehead atoms. The van der Waals surface area contributed by atoms with E-state index in [1.165, 1.54) is 33.5 Å². The second-order valence-electron chi connectivity index (χ2n) is 8.27. The molecule has 0 unspecified atom stereocenters. The number of piperidine rings is 1. The maximum atomic E-state index is 13.2. The molecule has 0 radical (unpaired) electrons. The Morgan fingerprint density at radius 3 is 2.61 bits per heavy atom. The van der Waals surface area contributed by atoms with E-state index in [1.54, 1.807) is 23.9 Å². The zero-order valence-corrected chi connectivity index (χ0v) is 22.0. The summed E-state index contributed by atoms with van der Waals surface area (Å²) < 4.78 is 28.1. The molecule has 0 spiro atoms. The van der Waals surface area contributed by atoms with Crippen molar-refractivity contribution in [1.29, 1.82) is 0 Å². The summed E-state index contributed by atoms with van der Waals surface area (Å²) in [5.41, 5.74) is 1.04. The summed E-state index contributed by atoms with van der Waals surface area (Å²) in [5.74, 6) is -0.464. The molecule has 1 aliphatic rings. The first-order valence-corrected chi connectivity index (χ1v) is 14.8. The van der Waals surface area contributed by atoms with E-state index in [2.05, 4.69) is 22.8 Å². The van der Waals surface area contributed by atoms with E-state index in [9.17, 15) is 23.3 Å². The summed E-state index contributed by atoms with van der Waals surface area (Å²) in [6, 6.07) is 17.1. The summed E-state index contributed by atoms with van der Waals surface area (Å²) >= 11 is 2.80. The highest BCUT2D eigenvalue weighted by Crippen LogP contribution is 2.28. The topological polar surface area (TPSA) is 122 Å². The van der Waals surface area contributed by atoms with Crippen molar-refractivity contribution in [1.82, 2.24) is 9.62 Å². The SMILES string of the molecule is CSc1cccc(NC2CCN(S(=O)(=O)c3ccc(CNC(=O)c4cccc([N+](=O)[O-])c4)s3)CC2)c1. The third-order valence-corrected chi connectivity index (χ3v) is 10.0. The molecule has 4 rings (SSSR count). The van der Waals surface area contributed by atoms with Crippen LogP contribution in [-0.2, 0) is 16.6 Å². The molecule has 1 fully saturated rings. The molecule has 2 aromatic carbocycles. The van der Waals surface area contributed by atoms with Crippen LogP contribution in [0.2, 0.25) is 0 Å². The Balaban J connectivity index is 1.32. The van der Waals surface area contributed by atoms with Gasteiger partial charge in [0.05, 0.1) is 11.5 Å². The van der Waals surface area contributed by atoms with Crippen molar-refractivity contribution in [2.45, 2.75) is 34.5 Å². The van der Waals surface area contributed by atoms with Crippen molar-refractivity contribution in [2.75, 3.05) is 24.7 Å². The van der Waals surface area contributed by atoms with Crippen LogP contribution in [0.3, 0.4) is 0 Å². The van der Waals surface area contributed by atoms with Gasteiger partial charge in [-0.2, -0.15) is 4.31 Å². The van der Waals surface area contributed by atoms with Crippen LogP contribution < -0.4 is 10.6 Å². The molecule has 1 aliphatic heterocycles. The summed E-state index contributed by atoms with van der Waals surface area (Å²) in [4.78, 5) is 24.6. The average Bonchev–Trinajstić information content (AvgIpc) is 3.38. The Morgan fingerprint density at radius 1 is 1.14 bits per heavy atom. The number of hydrogen-bond acceptors (Lipinski definition) is 8. The second-order valence-corrected chi connectivity index (χ2v) is 12.5. The highest BCUT2D eigenvalue weighted by atomic mass is 32.2. The Labute approximate surface area is 218 Å². The van der Waals surface area contributed by atoms with Crippen LogP contribution >= 0.6 is 23.1 Å². The Kier molecular flexibility index (Phi) is 8.29. The lowest BCUT2D eigenvalue weighted by molar-refractivity contribution is -0.384. The molecule has 2 N–H and O–H groups in total. The number of carbonyl (C=O) groups is 1. The number of nitrogens with one attached hydrogen (secondary N) is 2. The van der Waals surface area contributed by atoms with Crippen molar-refractivity contribution in [3.05, 3.63) is 81.2 Å². The molecule has 1 aromatic heterocycles. The number of rotatable bonds is 9. The van der Waals surface area contributed by atoms with Crippen LogP contribution in [0.5, 0.6) is 0 Å². The van der Waals surface area contributed by atoms with Crippen LogP contribution in [0, 0.1) is 10.1 Å². The number of benzene rings is 2. The molecular formula is C24H26N4O5S3. The maximum absolute atomic E-state index is 13.2. The van der Waals surface area contributed by atoms with Crippen LogP contribution in [-0.4, -0.2) is 48.9 Å². The summed E-state index contributed by atoms with van der Waals surface area (Å²) in [7, 11) is -3.62. The van der Waals surface area contributed by atoms with Crippen LogP contribution in [0.4, 0.5) is 11.4 Å². The number of nitrogens with zero attached hydrogens (tertiary/aromatic N) is 2. The fourth-order valence-corrected chi connectivity index (χ4v) is 7.32. The van der Waals surface area contributed by atoms with E-state index >= 15 is 0 Å². The summed E-state index contributed by atoms with van der Waals surface area (Å²) in [6.45, 7) is 0.987. The third-order valence-electron chi connectivity index (χ3n) is 5.87. The maximum Gasteiger partial charge on any atom is 0.270 e. The number of carbonyl (C=O) groups excluding carboxylic acids is 1. The Bertz CT molecular complexity index is 1350. The lowest BCUT2D eigenvalue weighted by Crippen LogP contribution is -2.42. The van der Waals surface area contributed by atoms with Gasteiger partial charge in [-0.05, 0) is 55.5 Å². The first kappa shape index (κ1) is 26.1. The van der Waals surface area contributed by atoms with Crippen molar-refractivity contribution in [2.24, 2.45) is 0 Å². The Morgan fingerprint density at radius 2 is 1.89 bits per heavy atom. The molecule has 12 heteroatoms. The smallest absolute Gasteiger partial charge is 0.270 e. The van der Waals surface area contributed by atoms with Crippen LogP contribution in [0.15, 0.2) is 69.8 Å².